The third-order valence-electron chi connectivity index (χ3n) is 3.06. The molecule has 0 aromatic heterocycles. The van der Waals surface area contributed by atoms with E-state index in [0.29, 0.717) is 12.5 Å². The van der Waals surface area contributed by atoms with Gasteiger partial charge in [0.15, 0.2) is 0 Å². The van der Waals surface area contributed by atoms with Crippen LogP contribution in [0.2, 0.25) is 0 Å². The molecule has 1 aliphatic rings. The topological polar surface area (TPSA) is 52.3 Å². The third kappa shape index (κ3) is 4.20. The van der Waals surface area contributed by atoms with Gasteiger partial charge in [-0.25, -0.2) is 0 Å². The first kappa shape index (κ1) is 12.5. The molecule has 0 amide bonds. The zero-order valence-corrected chi connectivity index (χ0v) is 9.87. The second-order valence-electron chi connectivity index (χ2n) is 4.90. The van der Waals surface area contributed by atoms with Gasteiger partial charge in [0.25, 0.3) is 0 Å². The summed E-state index contributed by atoms with van der Waals surface area (Å²) in [5.41, 5.74) is 5.91. The second-order valence-corrected chi connectivity index (χ2v) is 4.90. The Labute approximate surface area is 92.4 Å². The lowest BCUT2D eigenvalue weighted by Gasteiger charge is -2.26. The van der Waals surface area contributed by atoms with Crippen LogP contribution in [0.4, 0.5) is 0 Å². The van der Waals surface area contributed by atoms with Crippen molar-refractivity contribution in [3.8, 4) is 0 Å². The van der Waals surface area contributed by atoms with E-state index >= 15 is 0 Å². The average Bonchev–Trinajstić information content (AvgIpc) is 2.17. The Balaban J connectivity index is 2.26. The van der Waals surface area contributed by atoms with Gasteiger partial charge in [-0.2, -0.15) is 0 Å². The quantitative estimate of drug-likeness (QED) is 0.727. The molecular weight excluding hydrogens is 190 g/mol. The minimum atomic E-state index is -0.0807. The van der Waals surface area contributed by atoms with Crippen molar-refractivity contribution in [3.05, 3.63) is 0 Å². The molecule has 0 bridgehead atoms. The Kier molecular flexibility index (Phi) is 5.09. The summed E-state index contributed by atoms with van der Waals surface area (Å²) in [5.74, 6) is 0.451. The fourth-order valence-corrected chi connectivity index (χ4v) is 1.95. The minimum absolute atomic E-state index is 0.0188. The van der Waals surface area contributed by atoms with Crippen LogP contribution in [-0.2, 0) is 9.53 Å². The van der Waals surface area contributed by atoms with Gasteiger partial charge >= 0.3 is 5.97 Å². The smallest absolute Gasteiger partial charge is 0.310 e. The van der Waals surface area contributed by atoms with Crippen LogP contribution in [0.25, 0.3) is 0 Å². The summed E-state index contributed by atoms with van der Waals surface area (Å²) in [4.78, 5) is 11.7. The van der Waals surface area contributed by atoms with Gasteiger partial charge in [0.05, 0.1) is 12.5 Å². The monoisotopic (exact) mass is 213 g/mol. The molecule has 2 unspecified atom stereocenters. The maximum atomic E-state index is 11.7. The number of esters is 1. The number of nitrogens with two attached hydrogens (primary N) is 1. The zero-order valence-electron chi connectivity index (χ0n) is 9.87. The van der Waals surface area contributed by atoms with Gasteiger partial charge in [-0.05, 0) is 25.2 Å². The first-order chi connectivity index (χ1) is 7.11. The van der Waals surface area contributed by atoms with Crippen LogP contribution in [0, 0.1) is 11.8 Å². The van der Waals surface area contributed by atoms with Gasteiger partial charge in [0, 0.05) is 6.04 Å². The molecule has 0 radical (unpaired) electrons. The van der Waals surface area contributed by atoms with Crippen LogP contribution in [-0.4, -0.2) is 18.6 Å². The Morgan fingerprint density at radius 2 is 2.07 bits per heavy atom. The van der Waals surface area contributed by atoms with E-state index in [-0.39, 0.29) is 17.9 Å². The summed E-state index contributed by atoms with van der Waals surface area (Å²) >= 11 is 0. The summed E-state index contributed by atoms with van der Waals surface area (Å²) in [7, 11) is 0. The molecule has 3 heteroatoms. The molecule has 3 nitrogen and oxygen atoms in total. The maximum Gasteiger partial charge on any atom is 0.310 e. The van der Waals surface area contributed by atoms with Crippen molar-refractivity contribution in [1.82, 2.24) is 0 Å². The predicted octanol–water partition coefficient (Wildman–Crippen LogP) is 2.09. The lowest BCUT2D eigenvalue weighted by atomic mass is 9.85. The van der Waals surface area contributed by atoms with E-state index in [4.69, 9.17) is 10.5 Å². The molecule has 0 spiro atoms. The van der Waals surface area contributed by atoms with Gasteiger partial charge < -0.3 is 10.5 Å². The number of carbonyl (C=O) groups is 1. The predicted molar refractivity (Wildman–Crippen MR) is 60.3 cm³/mol. The highest BCUT2D eigenvalue weighted by atomic mass is 16.5. The highest BCUT2D eigenvalue weighted by molar-refractivity contribution is 5.73. The third-order valence-corrected chi connectivity index (χ3v) is 3.06. The van der Waals surface area contributed by atoms with Gasteiger partial charge in [-0.1, -0.05) is 26.7 Å². The van der Waals surface area contributed by atoms with E-state index < -0.39 is 0 Å². The second kappa shape index (κ2) is 6.11. The summed E-state index contributed by atoms with van der Waals surface area (Å²) in [6.07, 6.45) is 5.06. The SMILES string of the molecule is CC(C)CCOC(=O)C1CCCCC1N. The molecule has 0 saturated heterocycles. The molecule has 1 fully saturated rings. The number of hydrogen-bond acceptors (Lipinski definition) is 3. The molecule has 0 aromatic rings. The number of carbonyl (C=O) groups excluding carboxylic acids is 1. The van der Waals surface area contributed by atoms with Crippen LogP contribution >= 0.6 is 0 Å². The molecule has 1 rings (SSSR count). The van der Waals surface area contributed by atoms with Gasteiger partial charge in [0.2, 0.25) is 0 Å². The van der Waals surface area contributed by atoms with Crippen molar-refractivity contribution in [2.45, 2.75) is 52.0 Å². The number of hydrogen-bond donors (Lipinski definition) is 1. The standard InChI is InChI=1S/C12H23NO2/c1-9(2)7-8-15-12(14)10-5-3-4-6-11(10)13/h9-11H,3-8,13H2,1-2H3. The normalized spacial score (nSPS) is 26.7. The largest absolute Gasteiger partial charge is 0.465 e. The van der Waals surface area contributed by atoms with Crippen molar-refractivity contribution in [1.29, 1.82) is 0 Å². The zero-order chi connectivity index (χ0) is 11.3. The first-order valence-electron chi connectivity index (χ1n) is 6.03. The van der Waals surface area contributed by atoms with Gasteiger partial charge in [0.1, 0.15) is 0 Å². The molecule has 2 atom stereocenters. The maximum absolute atomic E-state index is 11.7. The van der Waals surface area contributed by atoms with Crippen molar-refractivity contribution < 1.29 is 9.53 Å². The molecule has 0 aliphatic heterocycles. The van der Waals surface area contributed by atoms with Crippen LogP contribution in [0.5, 0.6) is 0 Å². The molecule has 2 N–H and O–H groups in total. The van der Waals surface area contributed by atoms with E-state index in [9.17, 15) is 4.79 Å². The highest BCUT2D eigenvalue weighted by Crippen LogP contribution is 2.24. The van der Waals surface area contributed by atoms with E-state index in [2.05, 4.69) is 13.8 Å². The lowest BCUT2D eigenvalue weighted by Crippen LogP contribution is -2.39. The van der Waals surface area contributed by atoms with Crippen molar-refractivity contribution in [2.75, 3.05) is 6.61 Å². The number of rotatable bonds is 4. The fraction of sp³-hybridized carbons (Fsp3) is 0.917. The van der Waals surface area contributed by atoms with E-state index in [1.807, 2.05) is 0 Å². The van der Waals surface area contributed by atoms with Gasteiger partial charge in [-0.3, -0.25) is 4.79 Å². The van der Waals surface area contributed by atoms with Crippen molar-refractivity contribution in [3.63, 3.8) is 0 Å². The lowest BCUT2D eigenvalue weighted by molar-refractivity contribution is -0.150. The molecule has 88 valence electrons. The van der Waals surface area contributed by atoms with Crippen LogP contribution in [0.3, 0.4) is 0 Å². The van der Waals surface area contributed by atoms with Gasteiger partial charge in [-0.15, -0.1) is 0 Å². The van der Waals surface area contributed by atoms with Crippen molar-refractivity contribution >= 4 is 5.97 Å². The highest BCUT2D eigenvalue weighted by Gasteiger charge is 2.29. The van der Waals surface area contributed by atoms with E-state index in [0.717, 1.165) is 32.1 Å². The van der Waals surface area contributed by atoms with Crippen LogP contribution in [0.15, 0.2) is 0 Å². The fourth-order valence-electron chi connectivity index (χ4n) is 1.95. The molecular formula is C12H23NO2. The molecule has 0 heterocycles. The van der Waals surface area contributed by atoms with Crippen LogP contribution < -0.4 is 5.73 Å². The Morgan fingerprint density at radius 3 is 2.67 bits per heavy atom. The van der Waals surface area contributed by atoms with Crippen molar-refractivity contribution in [2.24, 2.45) is 17.6 Å². The summed E-state index contributed by atoms with van der Waals surface area (Å²) in [5, 5.41) is 0. The van der Waals surface area contributed by atoms with E-state index in [1.54, 1.807) is 0 Å². The Hall–Kier alpha value is -0.570. The Bertz CT molecular complexity index is 204. The average molecular weight is 213 g/mol. The van der Waals surface area contributed by atoms with Crippen LogP contribution in [0.1, 0.15) is 46.0 Å². The van der Waals surface area contributed by atoms with E-state index in [1.165, 1.54) is 0 Å². The number of ether oxygens (including phenoxy) is 1. The summed E-state index contributed by atoms with van der Waals surface area (Å²) < 4.78 is 5.24. The first-order valence-corrected chi connectivity index (χ1v) is 6.03. The molecule has 1 saturated carbocycles. The molecule has 0 aromatic carbocycles. The Morgan fingerprint density at radius 1 is 1.40 bits per heavy atom. The molecule has 15 heavy (non-hydrogen) atoms. The summed E-state index contributed by atoms with van der Waals surface area (Å²) in [6.45, 7) is 4.79. The summed E-state index contributed by atoms with van der Waals surface area (Å²) in [6, 6.07) is 0.0188. The molecule has 1 aliphatic carbocycles. The minimum Gasteiger partial charge on any atom is -0.465 e.